The first kappa shape index (κ1) is 21.5. The van der Waals surface area contributed by atoms with Gasteiger partial charge in [-0.3, -0.25) is 19.6 Å². The Kier molecular flexibility index (Phi) is 5.99. The van der Waals surface area contributed by atoms with E-state index in [9.17, 15) is 23.3 Å². The minimum atomic E-state index is -4.06. The Bertz CT molecular complexity index is 1310. The highest BCUT2D eigenvalue weighted by molar-refractivity contribution is 7.92. The SMILES string of the molecule is Cc1ccc(S(=O)(=O)Nc2ccc(C(=O)Nc3cccc(C#N)c3)cc2)cc1[N+](=O)[O-]. The van der Waals surface area contributed by atoms with E-state index in [1.807, 2.05) is 6.07 Å². The first-order valence-electron chi connectivity index (χ1n) is 8.89. The largest absolute Gasteiger partial charge is 0.322 e. The van der Waals surface area contributed by atoms with Gasteiger partial charge < -0.3 is 5.32 Å². The molecule has 1 amide bonds. The van der Waals surface area contributed by atoms with Crippen LogP contribution >= 0.6 is 0 Å². The quantitative estimate of drug-likeness (QED) is 0.444. The average Bonchev–Trinajstić information content (AvgIpc) is 2.74. The third-order valence-corrected chi connectivity index (χ3v) is 5.72. The lowest BCUT2D eigenvalue weighted by Gasteiger charge is -2.10. The smallest absolute Gasteiger partial charge is 0.273 e. The Hall–Kier alpha value is -4.23. The summed E-state index contributed by atoms with van der Waals surface area (Å²) in [6.45, 7) is 1.52. The predicted molar refractivity (Wildman–Crippen MR) is 114 cm³/mol. The minimum Gasteiger partial charge on any atom is -0.322 e. The van der Waals surface area contributed by atoms with E-state index < -0.39 is 20.9 Å². The van der Waals surface area contributed by atoms with Crippen molar-refractivity contribution in [2.75, 3.05) is 10.0 Å². The first-order chi connectivity index (χ1) is 14.7. The molecule has 31 heavy (non-hydrogen) atoms. The number of nitro benzene ring substituents is 1. The molecule has 0 heterocycles. The van der Waals surface area contributed by atoms with Crippen molar-refractivity contribution < 1.29 is 18.1 Å². The van der Waals surface area contributed by atoms with Crippen LogP contribution in [-0.2, 0) is 10.0 Å². The highest BCUT2D eigenvalue weighted by Gasteiger charge is 2.20. The van der Waals surface area contributed by atoms with E-state index in [2.05, 4.69) is 10.0 Å². The summed E-state index contributed by atoms with van der Waals surface area (Å²) in [5.41, 5.74) is 1.37. The minimum absolute atomic E-state index is 0.186. The molecule has 0 aliphatic carbocycles. The number of benzene rings is 3. The molecule has 0 saturated heterocycles. The van der Waals surface area contributed by atoms with E-state index in [0.29, 0.717) is 16.8 Å². The zero-order chi connectivity index (χ0) is 22.6. The van der Waals surface area contributed by atoms with Gasteiger partial charge in [0.15, 0.2) is 0 Å². The highest BCUT2D eigenvalue weighted by atomic mass is 32.2. The number of nitro groups is 1. The molecule has 3 aromatic carbocycles. The summed E-state index contributed by atoms with van der Waals surface area (Å²) in [5, 5.41) is 22.6. The van der Waals surface area contributed by atoms with E-state index in [4.69, 9.17) is 5.26 Å². The van der Waals surface area contributed by atoms with Crippen LogP contribution in [0.5, 0.6) is 0 Å². The molecule has 3 aromatic rings. The molecule has 0 spiro atoms. The normalized spacial score (nSPS) is 10.7. The molecule has 0 aromatic heterocycles. The third-order valence-electron chi connectivity index (χ3n) is 4.34. The molecule has 0 atom stereocenters. The van der Waals surface area contributed by atoms with Crippen molar-refractivity contribution in [1.82, 2.24) is 0 Å². The van der Waals surface area contributed by atoms with Crippen LogP contribution < -0.4 is 10.0 Å². The second-order valence-electron chi connectivity index (χ2n) is 6.53. The number of hydrogen-bond donors (Lipinski definition) is 2. The molecule has 0 aliphatic heterocycles. The van der Waals surface area contributed by atoms with Crippen molar-refractivity contribution in [2.45, 2.75) is 11.8 Å². The summed E-state index contributed by atoms with van der Waals surface area (Å²) in [6, 6.07) is 17.7. The summed E-state index contributed by atoms with van der Waals surface area (Å²) >= 11 is 0. The number of nitrogens with zero attached hydrogens (tertiary/aromatic N) is 2. The number of nitrogens with one attached hydrogen (secondary N) is 2. The second-order valence-corrected chi connectivity index (χ2v) is 8.22. The molecule has 0 unspecified atom stereocenters. The summed E-state index contributed by atoms with van der Waals surface area (Å²) in [7, 11) is -4.06. The number of amides is 1. The molecule has 9 nitrogen and oxygen atoms in total. The van der Waals surface area contributed by atoms with Crippen molar-refractivity contribution in [3.05, 3.63) is 93.5 Å². The third kappa shape index (κ3) is 5.04. The Morgan fingerprint density at radius 1 is 1.03 bits per heavy atom. The molecule has 0 aliphatic rings. The Morgan fingerprint density at radius 2 is 1.74 bits per heavy atom. The predicted octanol–water partition coefficient (Wildman–Crippen LogP) is 3.83. The Morgan fingerprint density at radius 3 is 2.39 bits per heavy atom. The van der Waals surface area contributed by atoms with Crippen LogP contribution in [0.15, 0.2) is 71.6 Å². The molecule has 0 fully saturated rings. The van der Waals surface area contributed by atoms with Crippen LogP contribution in [0.1, 0.15) is 21.5 Å². The van der Waals surface area contributed by atoms with Crippen molar-refractivity contribution >= 4 is 33.0 Å². The number of sulfonamides is 1. The van der Waals surface area contributed by atoms with Crippen LogP contribution in [0, 0.1) is 28.4 Å². The molecule has 2 N–H and O–H groups in total. The van der Waals surface area contributed by atoms with E-state index >= 15 is 0 Å². The van der Waals surface area contributed by atoms with Crippen LogP contribution in [0.4, 0.5) is 17.1 Å². The number of anilines is 2. The molecule has 156 valence electrons. The average molecular weight is 436 g/mol. The molecule has 0 saturated carbocycles. The summed E-state index contributed by atoms with van der Waals surface area (Å²) in [4.78, 5) is 22.5. The number of carbonyl (C=O) groups is 1. The summed E-state index contributed by atoms with van der Waals surface area (Å²) < 4.78 is 27.5. The number of nitriles is 1. The summed E-state index contributed by atoms with van der Waals surface area (Å²) in [5.74, 6) is -0.432. The van der Waals surface area contributed by atoms with Gasteiger partial charge in [-0.25, -0.2) is 8.42 Å². The lowest BCUT2D eigenvalue weighted by Crippen LogP contribution is -2.14. The van der Waals surface area contributed by atoms with Gasteiger partial charge in [0.2, 0.25) is 0 Å². The van der Waals surface area contributed by atoms with E-state index in [1.165, 1.54) is 49.4 Å². The zero-order valence-corrected chi connectivity index (χ0v) is 17.0. The standard InChI is InChI=1S/C21H16N4O5S/c1-14-5-10-19(12-20(14)25(27)28)31(29,30)24-17-8-6-16(7-9-17)21(26)23-18-4-2-3-15(11-18)13-22/h2-12,24H,1H3,(H,23,26). The van der Waals surface area contributed by atoms with Gasteiger partial charge in [-0.15, -0.1) is 0 Å². The van der Waals surface area contributed by atoms with Gasteiger partial charge >= 0.3 is 0 Å². The maximum atomic E-state index is 12.6. The second kappa shape index (κ2) is 8.64. The van der Waals surface area contributed by atoms with E-state index in [1.54, 1.807) is 18.2 Å². The van der Waals surface area contributed by atoms with Crippen molar-refractivity contribution in [3.63, 3.8) is 0 Å². The van der Waals surface area contributed by atoms with Gasteiger partial charge in [0.1, 0.15) is 0 Å². The number of aryl methyl sites for hydroxylation is 1. The van der Waals surface area contributed by atoms with Gasteiger partial charge in [0.05, 0.1) is 21.5 Å². The molecule has 0 bridgehead atoms. The molecule has 0 radical (unpaired) electrons. The van der Waals surface area contributed by atoms with Crippen LogP contribution in [-0.4, -0.2) is 19.2 Å². The van der Waals surface area contributed by atoms with Crippen molar-refractivity contribution in [2.24, 2.45) is 0 Å². The summed E-state index contributed by atoms with van der Waals surface area (Å²) in [6.07, 6.45) is 0. The van der Waals surface area contributed by atoms with Gasteiger partial charge in [-0.1, -0.05) is 12.1 Å². The lowest BCUT2D eigenvalue weighted by molar-refractivity contribution is -0.385. The van der Waals surface area contributed by atoms with Crippen LogP contribution in [0.2, 0.25) is 0 Å². The molecule has 3 rings (SSSR count). The van der Waals surface area contributed by atoms with Gasteiger partial charge in [0, 0.05) is 28.6 Å². The fraction of sp³-hybridized carbons (Fsp3) is 0.0476. The van der Waals surface area contributed by atoms with E-state index in [-0.39, 0.29) is 21.8 Å². The first-order valence-corrected chi connectivity index (χ1v) is 10.4. The van der Waals surface area contributed by atoms with Gasteiger partial charge in [-0.05, 0) is 55.5 Å². The fourth-order valence-corrected chi connectivity index (χ4v) is 3.80. The molecule has 10 heteroatoms. The van der Waals surface area contributed by atoms with Gasteiger partial charge in [-0.2, -0.15) is 5.26 Å². The number of hydrogen-bond acceptors (Lipinski definition) is 6. The lowest BCUT2D eigenvalue weighted by atomic mass is 10.1. The number of rotatable bonds is 6. The van der Waals surface area contributed by atoms with Crippen molar-refractivity contribution in [1.29, 1.82) is 5.26 Å². The Labute approximate surface area is 178 Å². The van der Waals surface area contributed by atoms with Gasteiger partial charge in [0.25, 0.3) is 21.6 Å². The van der Waals surface area contributed by atoms with Crippen LogP contribution in [0.3, 0.4) is 0 Å². The van der Waals surface area contributed by atoms with Crippen molar-refractivity contribution in [3.8, 4) is 6.07 Å². The fourth-order valence-electron chi connectivity index (χ4n) is 2.73. The Balaban J connectivity index is 1.75. The topological polar surface area (TPSA) is 142 Å². The van der Waals surface area contributed by atoms with E-state index in [0.717, 1.165) is 6.07 Å². The molecular weight excluding hydrogens is 420 g/mol. The monoisotopic (exact) mass is 436 g/mol. The zero-order valence-electron chi connectivity index (χ0n) is 16.2. The highest BCUT2D eigenvalue weighted by Crippen LogP contribution is 2.24. The number of carbonyl (C=O) groups excluding carboxylic acids is 1. The maximum absolute atomic E-state index is 12.6. The molecular formula is C21H16N4O5S. The van der Waals surface area contributed by atoms with Crippen LogP contribution in [0.25, 0.3) is 0 Å². The maximum Gasteiger partial charge on any atom is 0.273 e.